The highest BCUT2D eigenvalue weighted by Crippen LogP contribution is 2.54. The summed E-state index contributed by atoms with van der Waals surface area (Å²) in [6, 6.07) is 9.44. The highest BCUT2D eigenvalue weighted by molar-refractivity contribution is 7.10. The second-order valence-corrected chi connectivity index (χ2v) is 22.4. The standard InChI is InChI=1S/C50H63FN8O5S/c1-27-28(2)40(27)45(60)54-42-44(57-24-50(25-57)18-31(51)19-50)46-53-38(23-65-46)30-11-14-39-35(17-30)36(20-49(4,5)26-64-48(62)37-10-8-16-58(55-37)47(42)61)43(34-9-7-15-52-41(34)29(3)63-6)59(39)33-21-56(22-33)32-12-13-32/h7,9,11,14-15,17,23,27-29,31-33,37,40,42,44,55H,8,10,12-13,16,18-22,24-26H2,1-6H3,(H,54,60)/t27-,28+,29-,37-,40?,42-,44-/m0/s1. The lowest BCUT2D eigenvalue weighted by molar-refractivity contribution is -0.159. The zero-order valence-electron chi connectivity index (χ0n) is 38.5. The smallest absolute Gasteiger partial charge is 0.324 e. The summed E-state index contributed by atoms with van der Waals surface area (Å²) in [5.74, 6) is -0.643. The fourth-order valence-corrected chi connectivity index (χ4v) is 12.9. The van der Waals surface area contributed by atoms with Crippen LogP contribution in [0.2, 0.25) is 0 Å². The summed E-state index contributed by atoms with van der Waals surface area (Å²) < 4.78 is 29.1. The molecule has 0 radical (unpaired) electrons. The first-order chi connectivity index (χ1) is 31.2. The van der Waals surface area contributed by atoms with Gasteiger partial charge in [0.05, 0.1) is 41.9 Å². The van der Waals surface area contributed by atoms with Gasteiger partial charge in [0.2, 0.25) is 5.91 Å². The van der Waals surface area contributed by atoms with E-state index in [0.29, 0.717) is 57.8 Å². The molecule has 11 rings (SSSR count). The van der Waals surface area contributed by atoms with Crippen LogP contribution in [0.1, 0.15) is 108 Å². The number of ether oxygens (including phenoxy) is 2. The number of benzene rings is 1. The van der Waals surface area contributed by atoms with Crippen LogP contribution in [0.15, 0.2) is 41.9 Å². The number of nitrogens with one attached hydrogen (secondary N) is 2. The molecule has 6 bridgehead atoms. The lowest BCUT2D eigenvalue weighted by Gasteiger charge is -2.59. The largest absolute Gasteiger partial charge is 0.464 e. The summed E-state index contributed by atoms with van der Waals surface area (Å²) in [6.07, 6.45) is 6.01. The summed E-state index contributed by atoms with van der Waals surface area (Å²) in [6.45, 7) is 14.2. The Kier molecular flexibility index (Phi) is 10.8. The van der Waals surface area contributed by atoms with Crippen molar-refractivity contribution in [3.8, 4) is 22.5 Å². The minimum absolute atomic E-state index is 0.133. The van der Waals surface area contributed by atoms with Gasteiger partial charge in [-0.15, -0.1) is 11.3 Å². The molecular formula is C50H63FN8O5S. The van der Waals surface area contributed by atoms with E-state index in [4.69, 9.17) is 19.4 Å². The molecule has 2 N–H and O–H groups in total. The van der Waals surface area contributed by atoms with E-state index in [-0.39, 0.29) is 53.7 Å². The Balaban J connectivity index is 1.07. The number of carbonyl (C=O) groups excluding carboxylic acids is 3. The molecular weight excluding hydrogens is 844 g/mol. The molecule has 7 atom stereocenters. The van der Waals surface area contributed by atoms with Crippen LogP contribution in [0.3, 0.4) is 0 Å². The number of cyclic esters (lactones) is 1. The number of carbonyl (C=O) groups is 3. The predicted octanol–water partition coefficient (Wildman–Crippen LogP) is 7.04. The number of thiazole rings is 1. The fraction of sp³-hybridized carbons (Fsp3) is 0.620. The minimum Gasteiger partial charge on any atom is -0.464 e. The number of pyridine rings is 1. The maximum atomic E-state index is 15.1. The number of hydrogen-bond donors (Lipinski definition) is 2. The van der Waals surface area contributed by atoms with Gasteiger partial charge < -0.3 is 19.4 Å². The van der Waals surface area contributed by atoms with E-state index in [1.165, 1.54) is 29.2 Å². The molecule has 4 aromatic rings. The fourth-order valence-electron chi connectivity index (χ4n) is 11.9. The average molecular weight is 907 g/mol. The molecule has 6 fully saturated rings. The van der Waals surface area contributed by atoms with Gasteiger partial charge in [-0.3, -0.25) is 34.2 Å². The number of esters is 1. The van der Waals surface area contributed by atoms with Crippen LogP contribution in [-0.4, -0.2) is 118 Å². The lowest BCUT2D eigenvalue weighted by atomic mass is 9.62. The molecule has 2 amide bonds. The van der Waals surface area contributed by atoms with Crippen molar-refractivity contribution in [1.82, 2.24) is 40.1 Å². The van der Waals surface area contributed by atoms with Gasteiger partial charge in [0.25, 0.3) is 5.91 Å². The van der Waals surface area contributed by atoms with Gasteiger partial charge in [0, 0.05) is 96.2 Å². The van der Waals surface area contributed by atoms with Gasteiger partial charge in [0.15, 0.2) is 0 Å². The minimum atomic E-state index is -0.994. The molecule has 346 valence electrons. The van der Waals surface area contributed by atoms with Gasteiger partial charge in [0.1, 0.15) is 23.3 Å². The number of methoxy groups -OCH3 is 1. The van der Waals surface area contributed by atoms with Gasteiger partial charge in [-0.2, -0.15) is 0 Å². The van der Waals surface area contributed by atoms with E-state index in [2.05, 4.69) is 82.4 Å². The molecule has 1 aromatic carbocycles. The molecule has 1 unspecified atom stereocenters. The number of hydrogen-bond acceptors (Lipinski definition) is 11. The Morgan fingerprint density at radius 2 is 1.83 bits per heavy atom. The van der Waals surface area contributed by atoms with E-state index >= 15 is 4.79 Å². The van der Waals surface area contributed by atoms with Gasteiger partial charge >= 0.3 is 5.97 Å². The highest BCUT2D eigenvalue weighted by atomic mass is 32.1. The summed E-state index contributed by atoms with van der Waals surface area (Å²) in [5, 5.41) is 8.68. The number of hydrazine groups is 1. The lowest BCUT2D eigenvalue weighted by Crippen LogP contribution is -2.68. The second kappa shape index (κ2) is 16.2. The SMILES string of the molecule is CO[C@@H](C)c1ncccc1-c1c2c3cc(ccc3n1C1CN(C3CC3)C1)-c1csc(n1)[C@@H](N1CC3(CC(F)C3)C1)[C@H](NC(=O)C1[C@@H](C)[C@H]1C)C(=O)N1CCC[C@H](N1)C(=O)OCC(C)(C)C2. The summed E-state index contributed by atoms with van der Waals surface area (Å²) in [5.41, 5.74) is 9.71. The summed E-state index contributed by atoms with van der Waals surface area (Å²) in [7, 11) is 1.72. The van der Waals surface area contributed by atoms with Crippen molar-refractivity contribution in [3.63, 3.8) is 0 Å². The number of nitrogens with zero attached hydrogens (tertiary/aromatic N) is 6. The maximum absolute atomic E-state index is 15.1. The van der Waals surface area contributed by atoms with Crippen molar-refractivity contribution >= 4 is 40.0 Å². The maximum Gasteiger partial charge on any atom is 0.324 e. The third-order valence-electron chi connectivity index (χ3n) is 16.1. The quantitative estimate of drug-likeness (QED) is 0.178. The van der Waals surface area contributed by atoms with E-state index in [9.17, 15) is 14.0 Å². The van der Waals surface area contributed by atoms with E-state index in [1.807, 2.05) is 19.2 Å². The number of likely N-dealkylation sites (tertiary alicyclic amines) is 2. The van der Waals surface area contributed by atoms with Crippen molar-refractivity contribution < 1.29 is 28.2 Å². The molecule has 1 spiro atoms. The van der Waals surface area contributed by atoms with Crippen molar-refractivity contribution in [2.24, 2.45) is 28.6 Å². The van der Waals surface area contributed by atoms with Crippen LogP contribution in [0, 0.1) is 28.6 Å². The van der Waals surface area contributed by atoms with E-state index in [0.717, 1.165) is 62.8 Å². The summed E-state index contributed by atoms with van der Waals surface area (Å²) in [4.78, 5) is 58.4. The monoisotopic (exact) mass is 906 g/mol. The van der Waals surface area contributed by atoms with Crippen molar-refractivity contribution in [1.29, 1.82) is 0 Å². The number of fused-ring (bicyclic) bond motifs is 6. The third kappa shape index (κ3) is 7.70. The molecule has 65 heavy (non-hydrogen) atoms. The summed E-state index contributed by atoms with van der Waals surface area (Å²) >= 11 is 1.50. The topological polar surface area (TPSA) is 134 Å². The van der Waals surface area contributed by atoms with Crippen LogP contribution in [0.5, 0.6) is 0 Å². The molecule has 13 nitrogen and oxygen atoms in total. The highest BCUT2D eigenvalue weighted by Gasteiger charge is 2.57. The first-order valence-corrected chi connectivity index (χ1v) is 24.9. The van der Waals surface area contributed by atoms with Gasteiger partial charge in [-0.05, 0) is 93.5 Å². The number of aromatic nitrogens is 3. The molecule has 3 saturated carbocycles. The first-order valence-electron chi connectivity index (χ1n) is 24.0. The van der Waals surface area contributed by atoms with Crippen LogP contribution < -0.4 is 10.7 Å². The van der Waals surface area contributed by atoms with Gasteiger partial charge in [-0.1, -0.05) is 33.8 Å². The van der Waals surface area contributed by atoms with E-state index in [1.54, 1.807) is 7.11 Å². The van der Waals surface area contributed by atoms with E-state index < -0.39 is 35.7 Å². The molecule has 15 heteroatoms. The zero-order valence-corrected chi connectivity index (χ0v) is 39.3. The molecule has 3 aromatic heterocycles. The number of rotatable bonds is 8. The average Bonchev–Trinajstić information content (AvgIpc) is 4.10. The Labute approximate surface area is 384 Å². The Morgan fingerprint density at radius 3 is 2.54 bits per heavy atom. The molecule has 3 aliphatic carbocycles. The van der Waals surface area contributed by atoms with Crippen LogP contribution in [0.25, 0.3) is 33.4 Å². The van der Waals surface area contributed by atoms with Crippen LogP contribution in [0.4, 0.5) is 4.39 Å². The van der Waals surface area contributed by atoms with Crippen molar-refractivity contribution in [2.75, 3.05) is 46.4 Å². The molecule has 4 aliphatic heterocycles. The normalized spacial score (nSPS) is 30.0. The third-order valence-corrected chi connectivity index (χ3v) is 17.0. The number of amides is 2. The Hall–Kier alpha value is -4.28. The van der Waals surface area contributed by atoms with Crippen LogP contribution in [-0.2, 0) is 30.3 Å². The van der Waals surface area contributed by atoms with Crippen molar-refractivity contribution in [2.45, 2.75) is 122 Å². The molecule has 3 saturated heterocycles. The Morgan fingerprint density at radius 1 is 1.06 bits per heavy atom. The number of halogens is 1. The second-order valence-electron chi connectivity index (χ2n) is 21.5. The van der Waals surface area contributed by atoms with Crippen molar-refractivity contribution in [3.05, 3.63) is 58.2 Å². The Bertz CT molecular complexity index is 2510. The first kappa shape index (κ1) is 43.3. The number of alkyl halides is 1. The van der Waals surface area contributed by atoms with Crippen LogP contribution >= 0.6 is 11.3 Å². The van der Waals surface area contributed by atoms with Gasteiger partial charge in [-0.25, -0.2) is 14.8 Å². The molecule has 7 heterocycles. The predicted molar refractivity (Wildman–Crippen MR) is 246 cm³/mol. The zero-order chi connectivity index (χ0) is 45.1. The molecule has 7 aliphatic rings.